The number of hydrogen-bond donors (Lipinski definition) is 0. The quantitative estimate of drug-likeness (QED) is 0.488. The molecule has 0 aliphatic heterocycles. The second-order valence-electron chi connectivity index (χ2n) is 6.05. The van der Waals surface area contributed by atoms with Crippen LogP contribution in [0.4, 0.5) is 0 Å². The van der Waals surface area contributed by atoms with Crippen molar-refractivity contribution in [1.82, 2.24) is 9.55 Å². The summed E-state index contributed by atoms with van der Waals surface area (Å²) < 4.78 is 1.68. The summed E-state index contributed by atoms with van der Waals surface area (Å²) in [4.78, 5) is 21.8. The number of halogens is 1. The van der Waals surface area contributed by atoms with Crippen molar-refractivity contribution in [3.05, 3.63) is 69.2 Å². The fraction of sp³-hybridized carbons (Fsp3) is 0.250. The van der Waals surface area contributed by atoms with Crippen molar-refractivity contribution in [1.29, 1.82) is 0 Å². The van der Waals surface area contributed by atoms with Gasteiger partial charge in [0.05, 0.1) is 21.6 Å². The van der Waals surface area contributed by atoms with Gasteiger partial charge in [0.25, 0.3) is 5.56 Å². The highest BCUT2D eigenvalue weighted by Crippen LogP contribution is 2.21. The molecule has 0 saturated carbocycles. The van der Waals surface area contributed by atoms with Crippen LogP contribution < -0.4 is 5.56 Å². The second kappa shape index (κ2) is 7.62. The number of nitrogens with zero attached hydrogens (tertiary/aromatic N) is 3. The van der Waals surface area contributed by atoms with Gasteiger partial charge in [0, 0.05) is 13.0 Å². The molecule has 0 radical (unpaired) electrons. The normalized spacial score (nSPS) is 11.0. The molecule has 0 unspecified atom stereocenters. The summed E-state index contributed by atoms with van der Waals surface area (Å²) >= 11 is 6.28. The van der Waals surface area contributed by atoms with Crippen LogP contribution in [0.15, 0.2) is 52.3 Å². The second-order valence-corrected chi connectivity index (χ2v) is 6.45. The number of aromatic nitrogens is 2. The van der Waals surface area contributed by atoms with Gasteiger partial charge in [-0.2, -0.15) is 0 Å². The van der Waals surface area contributed by atoms with Gasteiger partial charge in [0.2, 0.25) is 0 Å². The average Bonchev–Trinajstić information content (AvgIpc) is 2.58. The Labute approximate surface area is 151 Å². The summed E-state index contributed by atoms with van der Waals surface area (Å²) in [5, 5.41) is 0.890. The Morgan fingerprint density at radius 3 is 2.76 bits per heavy atom. The molecule has 0 fully saturated rings. The Kier molecular flexibility index (Phi) is 5.29. The van der Waals surface area contributed by atoms with Gasteiger partial charge in [-0.15, -0.1) is 0 Å². The minimum Gasteiger partial charge on any atom is -0.301 e. The first-order chi connectivity index (χ1) is 12.1. The number of benzene rings is 2. The van der Waals surface area contributed by atoms with Crippen molar-refractivity contribution in [3.8, 4) is 5.69 Å². The van der Waals surface area contributed by atoms with E-state index in [2.05, 4.69) is 11.7 Å². The highest BCUT2D eigenvalue weighted by atomic mass is 35.5. The lowest BCUT2D eigenvalue weighted by Gasteiger charge is -2.14. The highest BCUT2D eigenvalue weighted by molar-refractivity contribution is 6.35. The number of aryl methyl sites for hydroxylation is 2. The maximum atomic E-state index is 13.2. The monoisotopic (exact) mass is 353 g/mol. The molecule has 0 N–H and O–H groups in total. The summed E-state index contributed by atoms with van der Waals surface area (Å²) in [6.07, 6.45) is 2.51. The van der Waals surface area contributed by atoms with E-state index in [4.69, 9.17) is 16.6 Å². The van der Waals surface area contributed by atoms with E-state index in [-0.39, 0.29) is 5.56 Å². The van der Waals surface area contributed by atoms with Crippen LogP contribution >= 0.6 is 11.6 Å². The predicted octanol–water partition coefficient (Wildman–Crippen LogP) is 4.37. The lowest BCUT2D eigenvalue weighted by atomic mass is 10.1. The minimum absolute atomic E-state index is 0.127. The predicted molar refractivity (Wildman–Crippen MR) is 104 cm³/mol. The summed E-state index contributed by atoms with van der Waals surface area (Å²) in [6.45, 7) is 6.23. The number of unbranched alkanes of at least 4 members (excludes halogenated alkanes) is 1. The molecule has 0 saturated heterocycles. The van der Waals surface area contributed by atoms with Crippen LogP contribution in [0.1, 0.15) is 24.2 Å². The molecule has 1 heterocycles. The molecule has 0 bridgehead atoms. The van der Waals surface area contributed by atoms with Crippen LogP contribution in [0.25, 0.3) is 16.6 Å². The van der Waals surface area contributed by atoms with Crippen LogP contribution in [-0.2, 0) is 6.42 Å². The lowest BCUT2D eigenvalue weighted by molar-refractivity contribution is 0.696. The number of aliphatic imine (C=N–C) groups is 1. The first kappa shape index (κ1) is 17.4. The molecule has 0 spiro atoms. The first-order valence-electron chi connectivity index (χ1n) is 8.31. The Morgan fingerprint density at radius 1 is 1.20 bits per heavy atom. The van der Waals surface area contributed by atoms with Gasteiger partial charge in [0.1, 0.15) is 5.82 Å². The molecular formula is C20H20ClN3O. The highest BCUT2D eigenvalue weighted by Gasteiger charge is 2.14. The van der Waals surface area contributed by atoms with Crippen LogP contribution in [0.2, 0.25) is 5.02 Å². The van der Waals surface area contributed by atoms with E-state index < -0.39 is 0 Å². The van der Waals surface area contributed by atoms with Gasteiger partial charge < -0.3 is 4.99 Å². The first-order valence-corrected chi connectivity index (χ1v) is 8.69. The van der Waals surface area contributed by atoms with Gasteiger partial charge in [-0.25, -0.2) is 4.98 Å². The summed E-state index contributed by atoms with van der Waals surface area (Å²) in [6, 6.07) is 13.2. The van der Waals surface area contributed by atoms with Crippen molar-refractivity contribution < 1.29 is 0 Å². The third-order valence-corrected chi connectivity index (χ3v) is 4.46. The number of rotatable bonds is 6. The van der Waals surface area contributed by atoms with Gasteiger partial charge in [-0.1, -0.05) is 29.8 Å². The molecule has 0 atom stereocenters. The molecule has 0 aliphatic carbocycles. The van der Waals surface area contributed by atoms with E-state index in [1.165, 1.54) is 0 Å². The molecule has 0 aliphatic rings. The summed E-state index contributed by atoms with van der Waals surface area (Å²) in [5.41, 5.74) is 2.41. The lowest BCUT2D eigenvalue weighted by Crippen LogP contribution is -2.24. The summed E-state index contributed by atoms with van der Waals surface area (Å²) in [7, 11) is 0. The van der Waals surface area contributed by atoms with Gasteiger partial charge in [-0.05, 0) is 56.3 Å². The summed E-state index contributed by atoms with van der Waals surface area (Å²) in [5.74, 6) is 0.745. The van der Waals surface area contributed by atoms with E-state index in [0.29, 0.717) is 28.9 Å². The van der Waals surface area contributed by atoms with E-state index >= 15 is 0 Å². The van der Waals surface area contributed by atoms with E-state index in [9.17, 15) is 4.79 Å². The Balaban J connectivity index is 2.19. The maximum Gasteiger partial charge on any atom is 0.267 e. The molecule has 3 rings (SSSR count). The Hall–Kier alpha value is -2.46. The molecule has 128 valence electrons. The average molecular weight is 354 g/mol. The van der Waals surface area contributed by atoms with E-state index in [0.717, 1.165) is 29.9 Å². The van der Waals surface area contributed by atoms with Gasteiger partial charge in [-0.3, -0.25) is 9.36 Å². The van der Waals surface area contributed by atoms with Crippen molar-refractivity contribution in [3.63, 3.8) is 0 Å². The van der Waals surface area contributed by atoms with Crippen LogP contribution in [0, 0.1) is 6.92 Å². The number of hydrogen-bond acceptors (Lipinski definition) is 3. The molecule has 3 aromatic rings. The molecule has 4 nitrogen and oxygen atoms in total. The number of fused-ring (bicyclic) bond motifs is 1. The molecule has 25 heavy (non-hydrogen) atoms. The third-order valence-electron chi connectivity index (χ3n) is 4.14. The van der Waals surface area contributed by atoms with Crippen molar-refractivity contribution >= 4 is 29.2 Å². The fourth-order valence-corrected chi connectivity index (χ4v) is 3.19. The van der Waals surface area contributed by atoms with E-state index in [1.54, 1.807) is 10.6 Å². The smallest absolute Gasteiger partial charge is 0.267 e. The largest absolute Gasteiger partial charge is 0.301 e. The molecular weight excluding hydrogens is 334 g/mol. The fourth-order valence-electron chi connectivity index (χ4n) is 2.94. The standard InChI is InChI=1S/C20H20ClN3O/c1-14-7-5-8-15(13-14)24-18(11-3-4-12-22-2)23-17-10-6-9-16(21)19(17)20(24)25/h5-10,13H,2-4,11-12H2,1H3. The topological polar surface area (TPSA) is 47.2 Å². The van der Waals surface area contributed by atoms with Crippen LogP contribution in [0.3, 0.4) is 0 Å². The molecule has 2 aromatic carbocycles. The molecule has 5 heteroatoms. The van der Waals surface area contributed by atoms with Crippen molar-refractivity contribution in [2.45, 2.75) is 26.2 Å². The minimum atomic E-state index is -0.127. The maximum absolute atomic E-state index is 13.2. The van der Waals surface area contributed by atoms with Crippen LogP contribution in [-0.4, -0.2) is 22.8 Å². The zero-order valence-electron chi connectivity index (χ0n) is 14.2. The SMILES string of the molecule is C=NCCCCc1nc2cccc(Cl)c2c(=O)n1-c1cccc(C)c1. The van der Waals surface area contributed by atoms with Crippen LogP contribution in [0.5, 0.6) is 0 Å². The van der Waals surface area contributed by atoms with Gasteiger partial charge in [0.15, 0.2) is 0 Å². The van der Waals surface area contributed by atoms with Gasteiger partial charge >= 0.3 is 0 Å². The zero-order valence-corrected chi connectivity index (χ0v) is 15.0. The zero-order chi connectivity index (χ0) is 17.8. The molecule has 1 aromatic heterocycles. The third kappa shape index (κ3) is 3.64. The van der Waals surface area contributed by atoms with Crippen molar-refractivity contribution in [2.24, 2.45) is 4.99 Å². The Bertz CT molecular complexity index is 978. The van der Waals surface area contributed by atoms with E-state index in [1.807, 2.05) is 43.3 Å². The molecule has 0 amide bonds. The Morgan fingerprint density at radius 2 is 2.00 bits per heavy atom. The van der Waals surface area contributed by atoms with Crippen molar-refractivity contribution in [2.75, 3.05) is 6.54 Å².